The molecule has 0 saturated carbocycles. The first-order valence-electron chi connectivity index (χ1n) is 8.28. The summed E-state index contributed by atoms with van der Waals surface area (Å²) in [5.41, 5.74) is 2.08. The number of carbonyl (C=O) groups excluding carboxylic acids is 1. The molecular formula is C19H27ClO2. The average Bonchev–Trinajstić information content (AvgIpc) is 2.55. The van der Waals surface area contributed by atoms with Crippen LogP contribution in [0.25, 0.3) is 0 Å². The molecule has 0 saturated heterocycles. The zero-order valence-electron chi connectivity index (χ0n) is 13.4. The lowest BCUT2D eigenvalue weighted by Gasteiger charge is -2.13. The molecule has 0 spiro atoms. The van der Waals surface area contributed by atoms with E-state index < -0.39 is 6.10 Å². The Hall–Kier alpha value is -1.12. The first kappa shape index (κ1) is 18.9. The van der Waals surface area contributed by atoms with Crippen LogP contribution in [0.4, 0.5) is 0 Å². The second-order valence-electron chi connectivity index (χ2n) is 5.69. The van der Waals surface area contributed by atoms with Crippen LogP contribution in [0.15, 0.2) is 41.4 Å². The summed E-state index contributed by atoms with van der Waals surface area (Å²) in [5.74, 6) is -0.189. The Morgan fingerprint density at radius 2 is 1.68 bits per heavy atom. The molecule has 22 heavy (non-hydrogen) atoms. The predicted octanol–water partition coefficient (Wildman–Crippen LogP) is 5.49. The molecule has 3 heteroatoms. The summed E-state index contributed by atoms with van der Waals surface area (Å²) in [6.45, 7) is 2.21. The number of aliphatic hydroxyl groups excluding tert-OH is 1. The zero-order valence-corrected chi connectivity index (χ0v) is 14.2. The van der Waals surface area contributed by atoms with Crippen LogP contribution in [-0.4, -0.2) is 17.0 Å². The first-order valence-corrected chi connectivity index (χ1v) is 8.72. The van der Waals surface area contributed by atoms with Crippen LogP contribution < -0.4 is 0 Å². The third-order valence-electron chi connectivity index (χ3n) is 3.86. The minimum atomic E-state index is -0.777. The van der Waals surface area contributed by atoms with E-state index in [1.807, 2.05) is 18.2 Å². The largest absolute Gasteiger partial charge is 0.388 e. The minimum absolute atomic E-state index is 0.189. The van der Waals surface area contributed by atoms with Crippen LogP contribution in [-0.2, 0) is 0 Å². The summed E-state index contributed by atoms with van der Waals surface area (Å²) in [7, 11) is 0. The topological polar surface area (TPSA) is 37.3 Å². The maximum Gasteiger partial charge on any atom is 0.192 e. The number of unbranched alkanes of at least 4 members (excludes halogenated alkanes) is 6. The van der Waals surface area contributed by atoms with E-state index in [4.69, 9.17) is 11.6 Å². The maximum atomic E-state index is 12.3. The Labute approximate surface area is 139 Å². The lowest BCUT2D eigenvalue weighted by atomic mass is 9.96. The van der Waals surface area contributed by atoms with Gasteiger partial charge in [-0.05, 0) is 6.42 Å². The van der Waals surface area contributed by atoms with Crippen molar-refractivity contribution < 1.29 is 9.90 Å². The van der Waals surface area contributed by atoms with Crippen molar-refractivity contribution in [2.75, 3.05) is 0 Å². The molecule has 122 valence electrons. The fourth-order valence-electron chi connectivity index (χ4n) is 2.48. The van der Waals surface area contributed by atoms with Crippen LogP contribution in [0, 0.1) is 0 Å². The molecule has 1 N–H and O–H groups in total. The number of hydrogen-bond acceptors (Lipinski definition) is 2. The van der Waals surface area contributed by atoms with Gasteiger partial charge in [-0.2, -0.15) is 0 Å². The molecule has 1 aromatic rings. The highest BCUT2D eigenvalue weighted by molar-refractivity contribution is 6.29. The smallest absolute Gasteiger partial charge is 0.192 e. The Bertz CT molecular complexity index is 454. The molecule has 0 aliphatic rings. The van der Waals surface area contributed by atoms with Crippen molar-refractivity contribution >= 4 is 17.4 Å². The molecule has 0 aromatic heterocycles. The van der Waals surface area contributed by atoms with Crippen LogP contribution in [0.2, 0.25) is 0 Å². The number of aliphatic hydroxyl groups is 1. The molecule has 0 fully saturated rings. The minimum Gasteiger partial charge on any atom is -0.388 e. The van der Waals surface area contributed by atoms with E-state index in [1.54, 1.807) is 12.1 Å². The van der Waals surface area contributed by atoms with Gasteiger partial charge in [0.05, 0.1) is 6.10 Å². The summed E-state index contributed by atoms with van der Waals surface area (Å²) < 4.78 is 0. The second-order valence-corrected chi connectivity index (χ2v) is 5.90. The van der Waals surface area contributed by atoms with Crippen molar-refractivity contribution in [3.63, 3.8) is 0 Å². The molecule has 2 nitrogen and oxygen atoms in total. The van der Waals surface area contributed by atoms with Crippen LogP contribution in [0.1, 0.15) is 68.6 Å². The number of benzene rings is 1. The van der Waals surface area contributed by atoms with Crippen molar-refractivity contribution in [3.8, 4) is 0 Å². The maximum absolute atomic E-state index is 12.3. The van der Waals surface area contributed by atoms with E-state index in [1.165, 1.54) is 37.6 Å². The Morgan fingerprint density at radius 1 is 1.09 bits per heavy atom. The summed E-state index contributed by atoms with van der Waals surface area (Å²) in [4.78, 5) is 12.3. The van der Waals surface area contributed by atoms with Gasteiger partial charge < -0.3 is 5.11 Å². The number of ketones is 1. The highest BCUT2D eigenvalue weighted by Crippen LogP contribution is 2.18. The average molecular weight is 323 g/mol. The highest BCUT2D eigenvalue weighted by atomic mass is 35.5. The van der Waals surface area contributed by atoms with E-state index in [9.17, 15) is 9.90 Å². The molecule has 0 bridgehead atoms. The van der Waals surface area contributed by atoms with Gasteiger partial charge in [0.25, 0.3) is 0 Å². The highest BCUT2D eigenvalue weighted by Gasteiger charge is 2.19. The van der Waals surface area contributed by atoms with Crippen LogP contribution in [0.3, 0.4) is 0 Å². The van der Waals surface area contributed by atoms with Gasteiger partial charge in [-0.3, -0.25) is 4.79 Å². The fourth-order valence-corrected chi connectivity index (χ4v) is 2.72. The molecule has 1 atom stereocenters. The summed E-state index contributed by atoms with van der Waals surface area (Å²) in [6.07, 6.45) is 8.12. The SMILES string of the molecule is CCCCCCCCCC(O)/C(=C\Cl)C(=O)c1ccccc1. The Kier molecular flexibility index (Phi) is 9.85. The standard InChI is InChI=1S/C19H27ClO2/c1-2-3-4-5-6-7-11-14-18(21)17(15-20)19(22)16-12-9-8-10-13-16/h8-10,12-13,15,18,21H,2-7,11,14H2,1H3/b17-15+. The van der Waals surface area contributed by atoms with Gasteiger partial charge in [0.15, 0.2) is 5.78 Å². The van der Waals surface area contributed by atoms with E-state index in [-0.39, 0.29) is 5.78 Å². The van der Waals surface area contributed by atoms with E-state index in [2.05, 4.69) is 6.92 Å². The normalized spacial score (nSPS) is 13.1. The number of hydrogen-bond donors (Lipinski definition) is 1. The molecule has 0 aliphatic heterocycles. The lowest BCUT2D eigenvalue weighted by molar-refractivity contribution is 0.0981. The van der Waals surface area contributed by atoms with Gasteiger partial charge in [0.1, 0.15) is 0 Å². The third-order valence-corrected chi connectivity index (χ3v) is 4.09. The van der Waals surface area contributed by atoms with E-state index in [0.29, 0.717) is 17.6 Å². The Balaban J connectivity index is 2.36. The summed E-state index contributed by atoms with van der Waals surface area (Å²) in [6, 6.07) is 8.95. The fraction of sp³-hybridized carbons (Fsp3) is 0.526. The van der Waals surface area contributed by atoms with Gasteiger partial charge in [0, 0.05) is 16.7 Å². The number of carbonyl (C=O) groups is 1. The number of Topliss-reactive ketones (excluding diaryl/α,β-unsaturated/α-hetero) is 1. The molecule has 1 unspecified atom stereocenters. The van der Waals surface area contributed by atoms with Gasteiger partial charge in [-0.25, -0.2) is 0 Å². The van der Waals surface area contributed by atoms with Crippen molar-refractivity contribution in [3.05, 3.63) is 47.0 Å². The van der Waals surface area contributed by atoms with Crippen molar-refractivity contribution in [2.24, 2.45) is 0 Å². The van der Waals surface area contributed by atoms with Gasteiger partial charge in [-0.1, -0.05) is 93.8 Å². The molecule has 0 heterocycles. The second kappa shape index (κ2) is 11.4. The Morgan fingerprint density at radius 3 is 2.27 bits per heavy atom. The van der Waals surface area contributed by atoms with E-state index in [0.717, 1.165) is 12.8 Å². The molecule has 0 amide bonds. The third kappa shape index (κ3) is 6.76. The molecule has 1 rings (SSSR count). The van der Waals surface area contributed by atoms with E-state index >= 15 is 0 Å². The quantitative estimate of drug-likeness (QED) is 0.332. The molecule has 0 radical (unpaired) electrons. The number of rotatable bonds is 11. The summed E-state index contributed by atoms with van der Waals surface area (Å²) >= 11 is 5.76. The monoisotopic (exact) mass is 322 g/mol. The summed E-state index contributed by atoms with van der Waals surface area (Å²) in [5, 5.41) is 10.2. The van der Waals surface area contributed by atoms with Gasteiger partial charge >= 0.3 is 0 Å². The lowest BCUT2D eigenvalue weighted by Crippen LogP contribution is -2.18. The van der Waals surface area contributed by atoms with Crippen molar-refractivity contribution in [1.82, 2.24) is 0 Å². The van der Waals surface area contributed by atoms with Crippen LogP contribution >= 0.6 is 11.6 Å². The first-order chi connectivity index (χ1) is 10.7. The van der Waals surface area contributed by atoms with Crippen molar-refractivity contribution in [2.45, 2.75) is 64.4 Å². The predicted molar refractivity (Wildman–Crippen MR) is 93.3 cm³/mol. The molecule has 0 aliphatic carbocycles. The van der Waals surface area contributed by atoms with Crippen LogP contribution in [0.5, 0.6) is 0 Å². The number of halogens is 1. The van der Waals surface area contributed by atoms with Gasteiger partial charge in [0.2, 0.25) is 0 Å². The molecule has 1 aromatic carbocycles. The van der Waals surface area contributed by atoms with Crippen molar-refractivity contribution in [1.29, 1.82) is 0 Å². The zero-order chi connectivity index (χ0) is 16.2. The van der Waals surface area contributed by atoms with Gasteiger partial charge in [-0.15, -0.1) is 0 Å². The molecular weight excluding hydrogens is 296 g/mol.